The van der Waals surface area contributed by atoms with Crippen LogP contribution in [0.15, 0.2) is 21.9 Å². The highest BCUT2D eigenvalue weighted by Gasteiger charge is 2.58. The summed E-state index contributed by atoms with van der Waals surface area (Å²) in [4.78, 5) is 37.8. The molecule has 2 aliphatic heterocycles. The van der Waals surface area contributed by atoms with E-state index < -0.39 is 54.6 Å². The van der Waals surface area contributed by atoms with Crippen LogP contribution >= 0.6 is 7.60 Å². The van der Waals surface area contributed by atoms with Crippen LogP contribution in [0.3, 0.4) is 0 Å². The number of aromatic nitrogens is 2. The summed E-state index contributed by atoms with van der Waals surface area (Å²) in [6.45, 7) is 5.01. The van der Waals surface area contributed by atoms with E-state index in [-0.39, 0.29) is 31.9 Å². The Balaban J connectivity index is 1.73. The number of aromatic amines is 1. The molecule has 11 nitrogen and oxygen atoms in total. The third kappa shape index (κ3) is 5.48. The molecule has 0 bridgehead atoms. The summed E-state index contributed by atoms with van der Waals surface area (Å²) in [5, 5.41) is 0. The first-order chi connectivity index (χ1) is 15.5. The van der Waals surface area contributed by atoms with Crippen LogP contribution in [0.2, 0.25) is 0 Å². The molecule has 1 N–H and O–H groups in total. The van der Waals surface area contributed by atoms with Gasteiger partial charge < -0.3 is 23.3 Å². The van der Waals surface area contributed by atoms with E-state index in [1.807, 2.05) is 0 Å². The summed E-state index contributed by atoms with van der Waals surface area (Å²) in [5.74, 6) is 1.79. The second kappa shape index (κ2) is 9.95. The quantitative estimate of drug-likeness (QED) is 0.329. The first-order valence-corrected chi connectivity index (χ1v) is 12.3. The maximum atomic E-state index is 13.4. The number of nitrogens with zero attached hydrogens (tertiary/aromatic N) is 1. The molecule has 0 radical (unpaired) electrons. The SMILES string of the molecule is C#C[C@]1(C)[C@@H]2CP(=O)(OC[C@@H](CC(=O)OC(C)C)OC)OC[C@H]2O[C@H]1n1ccc(=O)[nH]c1=O. The fourth-order valence-corrected chi connectivity index (χ4v) is 6.20. The zero-order valence-electron chi connectivity index (χ0n) is 19.0. The molecule has 182 valence electrons. The van der Waals surface area contributed by atoms with E-state index >= 15 is 0 Å². The van der Waals surface area contributed by atoms with E-state index in [9.17, 15) is 18.9 Å². The molecule has 0 amide bonds. The molecule has 2 fully saturated rings. The predicted molar refractivity (Wildman–Crippen MR) is 117 cm³/mol. The molecular formula is C21H29N2O9P. The first-order valence-electron chi connectivity index (χ1n) is 10.6. The summed E-state index contributed by atoms with van der Waals surface area (Å²) in [7, 11) is -2.19. The Morgan fingerprint density at radius 2 is 2.18 bits per heavy atom. The van der Waals surface area contributed by atoms with Gasteiger partial charge in [-0.15, -0.1) is 6.42 Å². The summed E-state index contributed by atoms with van der Waals surface area (Å²) in [6, 6.07) is 1.20. The predicted octanol–water partition coefficient (Wildman–Crippen LogP) is 1.29. The molecular weight excluding hydrogens is 455 g/mol. The fraction of sp³-hybridized carbons (Fsp3) is 0.667. The van der Waals surface area contributed by atoms with Crippen LogP contribution in [-0.4, -0.2) is 60.3 Å². The van der Waals surface area contributed by atoms with Gasteiger partial charge in [-0.2, -0.15) is 0 Å². The van der Waals surface area contributed by atoms with Gasteiger partial charge in [0.25, 0.3) is 5.56 Å². The lowest BCUT2D eigenvalue weighted by molar-refractivity contribution is -0.150. The third-order valence-electron chi connectivity index (χ3n) is 5.86. The van der Waals surface area contributed by atoms with E-state index in [2.05, 4.69) is 10.9 Å². The molecule has 0 aromatic carbocycles. The molecule has 3 rings (SSSR count). The van der Waals surface area contributed by atoms with Gasteiger partial charge in [-0.1, -0.05) is 5.92 Å². The van der Waals surface area contributed by atoms with Crippen LogP contribution in [0.5, 0.6) is 0 Å². The Labute approximate surface area is 191 Å². The lowest BCUT2D eigenvalue weighted by atomic mass is 9.77. The summed E-state index contributed by atoms with van der Waals surface area (Å²) >= 11 is 0. The summed E-state index contributed by atoms with van der Waals surface area (Å²) < 4.78 is 42.1. The minimum atomic E-state index is -3.61. The van der Waals surface area contributed by atoms with E-state index in [1.165, 1.54) is 23.9 Å². The molecule has 0 aliphatic carbocycles. The van der Waals surface area contributed by atoms with E-state index in [0.717, 1.165) is 0 Å². The number of esters is 1. The molecule has 0 spiro atoms. The number of nitrogens with one attached hydrogen (secondary N) is 1. The van der Waals surface area contributed by atoms with Crippen molar-refractivity contribution >= 4 is 13.6 Å². The Morgan fingerprint density at radius 3 is 2.79 bits per heavy atom. The number of methoxy groups -OCH3 is 1. The Morgan fingerprint density at radius 1 is 1.45 bits per heavy atom. The number of ether oxygens (including phenoxy) is 3. The highest BCUT2D eigenvalue weighted by Crippen LogP contribution is 2.61. The Bertz CT molecular complexity index is 1070. The van der Waals surface area contributed by atoms with Crippen molar-refractivity contribution in [1.29, 1.82) is 0 Å². The average molecular weight is 484 g/mol. The van der Waals surface area contributed by atoms with Gasteiger partial charge in [-0.25, -0.2) is 4.79 Å². The van der Waals surface area contributed by atoms with Gasteiger partial charge >= 0.3 is 19.3 Å². The van der Waals surface area contributed by atoms with Crippen LogP contribution < -0.4 is 11.2 Å². The monoisotopic (exact) mass is 484 g/mol. The molecule has 6 atom stereocenters. The van der Waals surface area contributed by atoms with Gasteiger partial charge in [0.2, 0.25) is 0 Å². The standard InChI is InChI=1S/C21H29N2O9P/c1-6-21(4)15-12-33(27,29-10-14(28-5)9-18(25)31-13(2)3)30-11-16(15)32-19(21)23-8-7-17(24)22-20(23)26/h1,7-8,13-16,19H,9-12H2,2-5H3,(H,22,24,26)/t14-,15-,16-,19-,21-,33?/m1/s1. The van der Waals surface area contributed by atoms with Crippen molar-refractivity contribution in [3.63, 3.8) is 0 Å². The number of terminal acetylenes is 1. The topological polar surface area (TPSA) is 135 Å². The number of hydrogen-bond donors (Lipinski definition) is 1. The number of fused-ring (bicyclic) bond motifs is 1. The maximum Gasteiger partial charge on any atom is 0.331 e. The molecule has 1 aromatic heterocycles. The van der Waals surface area contributed by atoms with Gasteiger partial charge in [-0.3, -0.25) is 23.7 Å². The second-order valence-corrected chi connectivity index (χ2v) is 10.7. The van der Waals surface area contributed by atoms with E-state index in [0.29, 0.717) is 0 Å². The van der Waals surface area contributed by atoms with Crippen molar-refractivity contribution in [1.82, 2.24) is 9.55 Å². The van der Waals surface area contributed by atoms with Crippen LogP contribution in [0.1, 0.15) is 33.4 Å². The number of rotatable bonds is 8. The molecule has 3 heterocycles. The summed E-state index contributed by atoms with van der Waals surface area (Å²) in [6.07, 6.45) is 4.70. The highest BCUT2D eigenvalue weighted by molar-refractivity contribution is 7.53. The van der Waals surface area contributed by atoms with Crippen molar-refractivity contribution < 1.29 is 32.6 Å². The number of carbonyl (C=O) groups is 1. The molecule has 33 heavy (non-hydrogen) atoms. The van der Waals surface area contributed by atoms with Crippen molar-refractivity contribution in [3.05, 3.63) is 33.1 Å². The molecule has 12 heteroatoms. The van der Waals surface area contributed by atoms with Crippen LogP contribution in [0.25, 0.3) is 0 Å². The Kier molecular flexibility index (Phi) is 7.66. The minimum Gasteiger partial charge on any atom is -0.463 e. The van der Waals surface area contributed by atoms with Crippen LogP contribution in [0.4, 0.5) is 0 Å². The first kappa shape index (κ1) is 25.4. The summed E-state index contributed by atoms with van der Waals surface area (Å²) in [5.41, 5.74) is -2.23. The van der Waals surface area contributed by atoms with Gasteiger partial charge in [0.15, 0.2) is 6.23 Å². The zero-order chi connectivity index (χ0) is 24.4. The molecule has 1 unspecified atom stereocenters. The van der Waals surface area contributed by atoms with Crippen molar-refractivity contribution in [2.24, 2.45) is 11.3 Å². The molecule has 0 saturated carbocycles. The number of hydrogen-bond acceptors (Lipinski definition) is 9. The lowest BCUT2D eigenvalue weighted by Gasteiger charge is -2.36. The smallest absolute Gasteiger partial charge is 0.331 e. The Hall–Kier alpha value is -2.22. The number of H-pyrrole nitrogens is 1. The maximum absolute atomic E-state index is 13.4. The van der Waals surface area contributed by atoms with E-state index in [4.69, 9.17) is 29.7 Å². The molecule has 2 saturated heterocycles. The van der Waals surface area contributed by atoms with Crippen molar-refractivity contribution in [2.75, 3.05) is 26.5 Å². The fourth-order valence-electron chi connectivity index (χ4n) is 4.05. The van der Waals surface area contributed by atoms with Gasteiger partial charge in [-0.05, 0) is 20.8 Å². The van der Waals surface area contributed by atoms with Crippen molar-refractivity contribution in [3.8, 4) is 12.3 Å². The lowest BCUT2D eigenvalue weighted by Crippen LogP contribution is -2.41. The molecule has 2 aliphatic rings. The van der Waals surface area contributed by atoms with E-state index in [1.54, 1.807) is 20.8 Å². The van der Waals surface area contributed by atoms with Gasteiger partial charge in [0.1, 0.15) is 0 Å². The normalized spacial score (nSPS) is 32.2. The second-order valence-electron chi connectivity index (χ2n) is 8.56. The average Bonchev–Trinajstić information content (AvgIpc) is 3.03. The van der Waals surface area contributed by atoms with Crippen molar-refractivity contribution in [2.45, 2.75) is 51.7 Å². The molecule has 1 aromatic rings. The highest BCUT2D eigenvalue weighted by atomic mass is 31.2. The van der Waals surface area contributed by atoms with Gasteiger partial charge in [0.05, 0.1) is 49.5 Å². The third-order valence-corrected chi connectivity index (χ3v) is 7.78. The largest absolute Gasteiger partial charge is 0.463 e. The minimum absolute atomic E-state index is 0.0418. The van der Waals surface area contributed by atoms with Crippen LogP contribution in [0, 0.1) is 23.7 Å². The zero-order valence-corrected chi connectivity index (χ0v) is 19.9. The van der Waals surface area contributed by atoms with Crippen LogP contribution in [-0.2, 0) is 32.6 Å². The van der Waals surface area contributed by atoms with Gasteiger partial charge in [0, 0.05) is 25.3 Å². The number of carbonyl (C=O) groups excluding carboxylic acids is 1.